The van der Waals surface area contributed by atoms with Gasteiger partial charge in [-0.3, -0.25) is 0 Å². The molecule has 2 aromatic rings. The summed E-state index contributed by atoms with van der Waals surface area (Å²) in [6.07, 6.45) is 3.72. The van der Waals surface area contributed by atoms with Gasteiger partial charge in [-0.15, -0.1) is 11.3 Å². The third-order valence-corrected chi connectivity index (χ3v) is 3.92. The van der Waals surface area contributed by atoms with Gasteiger partial charge in [0.15, 0.2) is 0 Å². The van der Waals surface area contributed by atoms with Crippen LogP contribution in [0.5, 0.6) is 0 Å². The molecular weight excluding hydrogens is 244 g/mol. The second-order valence-electron chi connectivity index (χ2n) is 4.47. The van der Waals surface area contributed by atoms with Gasteiger partial charge in [0, 0.05) is 10.9 Å². The lowest BCUT2D eigenvalue weighted by Gasteiger charge is -2.13. The van der Waals surface area contributed by atoms with Gasteiger partial charge in [-0.2, -0.15) is 4.98 Å². The van der Waals surface area contributed by atoms with Crippen LogP contribution in [0.1, 0.15) is 29.6 Å². The van der Waals surface area contributed by atoms with Crippen molar-refractivity contribution >= 4 is 17.3 Å². The van der Waals surface area contributed by atoms with E-state index in [1.165, 1.54) is 10.4 Å². The molecule has 96 valence electrons. The molecule has 2 rings (SSSR count). The number of thiophene rings is 1. The summed E-state index contributed by atoms with van der Waals surface area (Å²) >= 11 is 1.83. The van der Waals surface area contributed by atoms with E-state index in [1.807, 2.05) is 18.3 Å². The predicted octanol–water partition coefficient (Wildman–Crippen LogP) is 2.98. The number of rotatable bonds is 5. The van der Waals surface area contributed by atoms with Crippen molar-refractivity contribution in [1.82, 2.24) is 15.0 Å². The number of aromatic nitrogens is 3. The Labute approximate surface area is 112 Å². The summed E-state index contributed by atoms with van der Waals surface area (Å²) in [5.74, 6) is 1.41. The Hall–Kier alpha value is -1.49. The minimum absolute atomic E-state index is 0.355. The lowest BCUT2D eigenvalue weighted by molar-refractivity contribution is 0.700. The highest BCUT2D eigenvalue weighted by Crippen LogP contribution is 2.18. The van der Waals surface area contributed by atoms with E-state index in [2.05, 4.69) is 45.6 Å². The SMILES string of the molecule is Cc1ncnc(NC(C)CCc2sccc2C)n1. The summed E-state index contributed by atoms with van der Waals surface area (Å²) in [5.41, 5.74) is 1.39. The molecule has 1 atom stereocenters. The zero-order valence-electron chi connectivity index (χ0n) is 11.0. The van der Waals surface area contributed by atoms with Crippen molar-refractivity contribution in [3.63, 3.8) is 0 Å². The smallest absolute Gasteiger partial charge is 0.226 e. The van der Waals surface area contributed by atoms with Crippen molar-refractivity contribution in [2.75, 3.05) is 5.32 Å². The van der Waals surface area contributed by atoms with E-state index in [1.54, 1.807) is 6.33 Å². The molecule has 0 aliphatic heterocycles. The molecule has 0 saturated heterocycles. The van der Waals surface area contributed by atoms with Gasteiger partial charge in [0.25, 0.3) is 0 Å². The maximum atomic E-state index is 4.24. The second kappa shape index (κ2) is 5.91. The number of aryl methyl sites for hydroxylation is 3. The average molecular weight is 262 g/mol. The number of anilines is 1. The number of nitrogens with zero attached hydrogens (tertiary/aromatic N) is 3. The number of hydrogen-bond donors (Lipinski definition) is 1. The summed E-state index contributed by atoms with van der Waals surface area (Å²) in [6, 6.07) is 2.53. The summed E-state index contributed by atoms with van der Waals surface area (Å²) < 4.78 is 0. The molecule has 5 heteroatoms. The van der Waals surface area contributed by atoms with Gasteiger partial charge < -0.3 is 5.32 Å². The van der Waals surface area contributed by atoms with Gasteiger partial charge in [0.05, 0.1) is 0 Å². The van der Waals surface area contributed by atoms with E-state index >= 15 is 0 Å². The van der Waals surface area contributed by atoms with Gasteiger partial charge in [0.2, 0.25) is 5.95 Å². The quantitative estimate of drug-likeness (QED) is 0.900. The molecule has 4 nitrogen and oxygen atoms in total. The molecule has 1 unspecified atom stereocenters. The van der Waals surface area contributed by atoms with Crippen molar-refractivity contribution in [1.29, 1.82) is 0 Å². The first kappa shape index (κ1) is 13.0. The molecule has 0 amide bonds. The normalized spacial score (nSPS) is 12.4. The fourth-order valence-electron chi connectivity index (χ4n) is 1.75. The molecule has 0 spiro atoms. The largest absolute Gasteiger partial charge is 0.352 e. The summed E-state index contributed by atoms with van der Waals surface area (Å²) in [6.45, 7) is 6.19. The third-order valence-electron chi connectivity index (χ3n) is 2.84. The topological polar surface area (TPSA) is 50.7 Å². The standard InChI is InChI=1S/C13H18N4S/c1-9-6-7-18-12(9)5-4-10(2)16-13-15-8-14-11(3)17-13/h6-8,10H,4-5H2,1-3H3,(H,14,15,16,17). The van der Waals surface area contributed by atoms with Crippen LogP contribution in [0.25, 0.3) is 0 Å². The van der Waals surface area contributed by atoms with Crippen LogP contribution in [0, 0.1) is 13.8 Å². The van der Waals surface area contributed by atoms with Gasteiger partial charge >= 0.3 is 0 Å². The van der Waals surface area contributed by atoms with E-state index in [9.17, 15) is 0 Å². The Morgan fingerprint density at radius 1 is 1.33 bits per heavy atom. The first-order chi connectivity index (χ1) is 8.65. The molecule has 1 N–H and O–H groups in total. The first-order valence-electron chi connectivity index (χ1n) is 6.10. The molecule has 2 heterocycles. The van der Waals surface area contributed by atoms with E-state index < -0.39 is 0 Å². The Morgan fingerprint density at radius 2 is 2.17 bits per heavy atom. The zero-order valence-corrected chi connectivity index (χ0v) is 11.8. The minimum atomic E-state index is 0.355. The molecule has 0 aliphatic rings. The van der Waals surface area contributed by atoms with E-state index in [0.717, 1.165) is 18.7 Å². The zero-order chi connectivity index (χ0) is 13.0. The Bertz CT molecular complexity index is 509. The van der Waals surface area contributed by atoms with Gasteiger partial charge in [-0.1, -0.05) is 0 Å². The lowest BCUT2D eigenvalue weighted by atomic mass is 10.1. The predicted molar refractivity (Wildman–Crippen MR) is 75.0 cm³/mol. The maximum Gasteiger partial charge on any atom is 0.226 e. The second-order valence-corrected chi connectivity index (χ2v) is 5.47. The molecule has 18 heavy (non-hydrogen) atoms. The van der Waals surface area contributed by atoms with E-state index in [-0.39, 0.29) is 0 Å². The minimum Gasteiger partial charge on any atom is -0.352 e. The van der Waals surface area contributed by atoms with Crippen LogP contribution in [0.2, 0.25) is 0 Å². The Kier molecular flexibility index (Phi) is 4.25. The first-order valence-corrected chi connectivity index (χ1v) is 6.98. The van der Waals surface area contributed by atoms with Crippen LogP contribution in [0.3, 0.4) is 0 Å². The van der Waals surface area contributed by atoms with Crippen molar-refractivity contribution < 1.29 is 0 Å². The highest BCUT2D eigenvalue weighted by Gasteiger charge is 2.07. The fraction of sp³-hybridized carbons (Fsp3) is 0.462. The molecule has 2 aromatic heterocycles. The molecule has 0 fully saturated rings. The van der Waals surface area contributed by atoms with Crippen LogP contribution < -0.4 is 5.32 Å². The lowest BCUT2D eigenvalue weighted by Crippen LogP contribution is -2.18. The summed E-state index contributed by atoms with van der Waals surface area (Å²) in [4.78, 5) is 13.8. The van der Waals surface area contributed by atoms with Crippen LogP contribution in [0.15, 0.2) is 17.8 Å². The average Bonchev–Trinajstić information content (AvgIpc) is 2.72. The van der Waals surface area contributed by atoms with Crippen molar-refractivity contribution in [2.24, 2.45) is 0 Å². The van der Waals surface area contributed by atoms with Crippen molar-refractivity contribution in [3.05, 3.63) is 34.0 Å². The molecular formula is C13H18N4S. The molecule has 0 radical (unpaired) electrons. The Balaban J connectivity index is 1.86. The van der Waals surface area contributed by atoms with Gasteiger partial charge in [-0.25, -0.2) is 9.97 Å². The summed E-state index contributed by atoms with van der Waals surface area (Å²) in [7, 11) is 0. The van der Waals surface area contributed by atoms with Crippen LogP contribution >= 0.6 is 11.3 Å². The highest BCUT2D eigenvalue weighted by molar-refractivity contribution is 7.10. The van der Waals surface area contributed by atoms with Crippen LogP contribution in [0.4, 0.5) is 5.95 Å². The number of hydrogen-bond acceptors (Lipinski definition) is 5. The maximum absolute atomic E-state index is 4.24. The van der Waals surface area contributed by atoms with Gasteiger partial charge in [0.1, 0.15) is 12.2 Å². The van der Waals surface area contributed by atoms with E-state index in [0.29, 0.717) is 12.0 Å². The van der Waals surface area contributed by atoms with Crippen LogP contribution in [-0.2, 0) is 6.42 Å². The fourth-order valence-corrected chi connectivity index (χ4v) is 2.67. The molecule has 0 saturated carbocycles. The van der Waals surface area contributed by atoms with E-state index in [4.69, 9.17) is 0 Å². The highest BCUT2D eigenvalue weighted by atomic mass is 32.1. The third kappa shape index (κ3) is 3.50. The molecule has 0 aliphatic carbocycles. The van der Waals surface area contributed by atoms with Crippen molar-refractivity contribution in [2.45, 2.75) is 39.7 Å². The summed E-state index contributed by atoms with van der Waals surface area (Å²) in [5, 5.41) is 5.46. The monoisotopic (exact) mass is 262 g/mol. The molecule has 0 aromatic carbocycles. The van der Waals surface area contributed by atoms with Gasteiger partial charge in [-0.05, 0) is 50.6 Å². The Morgan fingerprint density at radius 3 is 2.83 bits per heavy atom. The molecule has 0 bridgehead atoms. The number of nitrogens with one attached hydrogen (secondary N) is 1. The van der Waals surface area contributed by atoms with Crippen molar-refractivity contribution in [3.8, 4) is 0 Å². The van der Waals surface area contributed by atoms with Crippen LogP contribution in [-0.4, -0.2) is 21.0 Å².